The van der Waals surface area contributed by atoms with Crippen LogP contribution in [0.15, 0.2) is 24.3 Å². The van der Waals surface area contributed by atoms with Gasteiger partial charge in [0.2, 0.25) is 5.91 Å². The molecule has 1 unspecified atom stereocenters. The first-order valence-electron chi connectivity index (χ1n) is 8.05. The van der Waals surface area contributed by atoms with Crippen molar-refractivity contribution >= 4 is 36.4 Å². The molecule has 2 rings (SSSR count). The van der Waals surface area contributed by atoms with Gasteiger partial charge in [0.1, 0.15) is 0 Å². The number of nitrogen functional groups attached to an aromatic ring is 1. The van der Waals surface area contributed by atoms with E-state index < -0.39 is 0 Å². The van der Waals surface area contributed by atoms with E-state index in [0.29, 0.717) is 18.8 Å². The van der Waals surface area contributed by atoms with Crippen molar-refractivity contribution in [3.63, 3.8) is 0 Å². The number of hydrogen-bond donors (Lipinski definition) is 2. The van der Waals surface area contributed by atoms with E-state index >= 15 is 0 Å². The molecule has 1 fully saturated rings. The molecule has 0 aliphatic carbocycles. The van der Waals surface area contributed by atoms with Crippen LogP contribution in [-0.2, 0) is 16.0 Å². The third-order valence-electron chi connectivity index (χ3n) is 4.00. The molecule has 0 radical (unpaired) electrons. The second-order valence-corrected chi connectivity index (χ2v) is 6.02. The summed E-state index contributed by atoms with van der Waals surface area (Å²) in [6.45, 7) is 7.52. The third-order valence-corrected chi connectivity index (χ3v) is 4.00. The largest absolute Gasteiger partial charge is 0.399 e. The molecule has 3 N–H and O–H groups in total. The number of nitrogens with one attached hydrogen (secondary N) is 1. The molecule has 0 saturated carbocycles. The van der Waals surface area contributed by atoms with Gasteiger partial charge in [-0.05, 0) is 24.0 Å². The predicted molar refractivity (Wildman–Crippen MR) is 103 cm³/mol. The second kappa shape index (κ2) is 12.4. The lowest BCUT2D eigenvalue weighted by molar-refractivity contribution is -0.121. The lowest BCUT2D eigenvalue weighted by Crippen LogP contribution is -2.41. The number of rotatable bonds is 7. The molecule has 7 heteroatoms. The Hall–Kier alpha value is -1.01. The van der Waals surface area contributed by atoms with Gasteiger partial charge in [-0.15, -0.1) is 24.8 Å². The van der Waals surface area contributed by atoms with Crippen molar-refractivity contribution in [3.05, 3.63) is 29.8 Å². The molecular formula is C17H29Cl2N3O2. The highest BCUT2D eigenvalue weighted by Gasteiger charge is 2.14. The van der Waals surface area contributed by atoms with Crippen LogP contribution in [0, 0.1) is 5.92 Å². The van der Waals surface area contributed by atoms with Crippen molar-refractivity contribution in [1.82, 2.24) is 10.2 Å². The fraction of sp³-hybridized carbons (Fsp3) is 0.588. The lowest BCUT2D eigenvalue weighted by atomic mass is 10.1. The summed E-state index contributed by atoms with van der Waals surface area (Å²) in [5, 5.41) is 3.02. The molecule has 1 atom stereocenters. The fourth-order valence-corrected chi connectivity index (χ4v) is 2.68. The number of benzene rings is 1. The Morgan fingerprint density at radius 3 is 2.62 bits per heavy atom. The Morgan fingerprint density at radius 1 is 1.29 bits per heavy atom. The quantitative estimate of drug-likeness (QED) is 0.714. The summed E-state index contributed by atoms with van der Waals surface area (Å²) in [4.78, 5) is 14.3. The van der Waals surface area contributed by atoms with E-state index in [4.69, 9.17) is 10.5 Å². The maximum Gasteiger partial charge on any atom is 0.220 e. The van der Waals surface area contributed by atoms with Gasteiger partial charge in [0.05, 0.1) is 13.2 Å². The van der Waals surface area contributed by atoms with Crippen molar-refractivity contribution in [2.45, 2.75) is 19.8 Å². The average molecular weight is 378 g/mol. The first-order valence-corrected chi connectivity index (χ1v) is 8.05. The zero-order valence-corrected chi connectivity index (χ0v) is 15.8. The Labute approximate surface area is 157 Å². The molecule has 5 nitrogen and oxygen atoms in total. The van der Waals surface area contributed by atoms with Crippen molar-refractivity contribution < 1.29 is 9.53 Å². The summed E-state index contributed by atoms with van der Waals surface area (Å²) in [6, 6.07) is 7.71. The minimum absolute atomic E-state index is 0. The summed E-state index contributed by atoms with van der Waals surface area (Å²) >= 11 is 0. The molecule has 0 spiro atoms. The van der Waals surface area contributed by atoms with Crippen LogP contribution in [0.2, 0.25) is 0 Å². The first-order chi connectivity index (χ1) is 10.6. The van der Waals surface area contributed by atoms with Crippen molar-refractivity contribution in [1.29, 1.82) is 0 Å². The molecule has 138 valence electrons. The van der Waals surface area contributed by atoms with E-state index in [1.165, 1.54) is 0 Å². The molecule has 0 bridgehead atoms. The highest BCUT2D eigenvalue weighted by atomic mass is 35.5. The summed E-state index contributed by atoms with van der Waals surface area (Å²) in [5.41, 5.74) is 7.69. The standard InChI is InChI=1S/C17H27N3O2.2ClH/c1-14(13-20-8-10-22-11-9-20)12-19-17(21)7-6-15-4-2-3-5-16(15)18;;/h2-5,14H,6-13,18H2,1H3,(H,19,21);2*1H. The second-order valence-electron chi connectivity index (χ2n) is 6.02. The minimum Gasteiger partial charge on any atom is -0.399 e. The van der Waals surface area contributed by atoms with Gasteiger partial charge in [-0.2, -0.15) is 0 Å². The van der Waals surface area contributed by atoms with Gasteiger partial charge in [0.25, 0.3) is 0 Å². The van der Waals surface area contributed by atoms with E-state index in [2.05, 4.69) is 17.1 Å². The number of halogens is 2. The van der Waals surface area contributed by atoms with E-state index in [-0.39, 0.29) is 30.7 Å². The van der Waals surface area contributed by atoms with Crippen LogP contribution in [0.4, 0.5) is 5.69 Å². The van der Waals surface area contributed by atoms with Crippen LogP contribution in [0.3, 0.4) is 0 Å². The highest BCUT2D eigenvalue weighted by molar-refractivity contribution is 5.85. The summed E-state index contributed by atoms with van der Waals surface area (Å²) in [7, 11) is 0. The molecule has 1 aromatic carbocycles. The Morgan fingerprint density at radius 2 is 1.96 bits per heavy atom. The number of anilines is 1. The number of morpholine rings is 1. The smallest absolute Gasteiger partial charge is 0.220 e. The van der Waals surface area contributed by atoms with E-state index in [1.807, 2.05) is 24.3 Å². The van der Waals surface area contributed by atoms with E-state index in [9.17, 15) is 4.79 Å². The van der Waals surface area contributed by atoms with Crippen molar-refractivity contribution in [2.75, 3.05) is 45.1 Å². The Kier molecular flexibility index (Phi) is 11.8. The fourth-order valence-electron chi connectivity index (χ4n) is 2.68. The number of nitrogens with two attached hydrogens (primary N) is 1. The van der Waals surface area contributed by atoms with E-state index in [0.717, 1.165) is 50.6 Å². The Bertz CT molecular complexity index is 483. The van der Waals surface area contributed by atoms with Crippen LogP contribution < -0.4 is 11.1 Å². The SMILES string of the molecule is CC(CNC(=O)CCc1ccccc1N)CN1CCOCC1.Cl.Cl. The molecule has 1 amide bonds. The number of hydrogen-bond acceptors (Lipinski definition) is 4. The molecule has 1 saturated heterocycles. The number of amides is 1. The molecule has 1 aliphatic rings. The lowest BCUT2D eigenvalue weighted by Gasteiger charge is -2.29. The molecule has 1 heterocycles. The van der Waals surface area contributed by atoms with Gasteiger partial charge in [-0.1, -0.05) is 25.1 Å². The van der Waals surface area contributed by atoms with Crippen molar-refractivity contribution in [2.24, 2.45) is 5.92 Å². The normalized spacial score (nSPS) is 15.7. The number of para-hydroxylation sites is 1. The highest BCUT2D eigenvalue weighted by Crippen LogP contribution is 2.12. The van der Waals surface area contributed by atoms with E-state index in [1.54, 1.807) is 0 Å². The number of carbonyl (C=O) groups excluding carboxylic acids is 1. The van der Waals surface area contributed by atoms with Gasteiger partial charge in [0.15, 0.2) is 0 Å². The van der Waals surface area contributed by atoms with Crippen LogP contribution >= 0.6 is 24.8 Å². The molecule has 1 aromatic rings. The molecular weight excluding hydrogens is 349 g/mol. The zero-order valence-electron chi connectivity index (χ0n) is 14.2. The maximum atomic E-state index is 11.9. The number of aryl methyl sites for hydroxylation is 1. The number of carbonyl (C=O) groups is 1. The van der Waals surface area contributed by atoms with Gasteiger partial charge < -0.3 is 15.8 Å². The third kappa shape index (κ3) is 8.20. The van der Waals surface area contributed by atoms with Crippen molar-refractivity contribution in [3.8, 4) is 0 Å². The summed E-state index contributed by atoms with van der Waals surface area (Å²) < 4.78 is 5.34. The monoisotopic (exact) mass is 377 g/mol. The van der Waals surface area contributed by atoms with Crippen LogP contribution in [0.25, 0.3) is 0 Å². The first kappa shape index (κ1) is 23.0. The summed E-state index contributed by atoms with van der Waals surface area (Å²) in [6.07, 6.45) is 1.18. The zero-order chi connectivity index (χ0) is 15.8. The maximum absolute atomic E-state index is 11.9. The number of nitrogens with zero attached hydrogens (tertiary/aromatic N) is 1. The average Bonchev–Trinajstić information content (AvgIpc) is 2.53. The number of ether oxygens (including phenoxy) is 1. The predicted octanol–water partition coefficient (Wildman–Crippen LogP) is 2.13. The molecule has 24 heavy (non-hydrogen) atoms. The van der Waals surface area contributed by atoms with Gasteiger partial charge in [-0.3, -0.25) is 9.69 Å². The minimum atomic E-state index is 0. The van der Waals surface area contributed by atoms with Gasteiger partial charge >= 0.3 is 0 Å². The van der Waals surface area contributed by atoms with Crippen LogP contribution in [-0.4, -0.2) is 50.2 Å². The molecule has 1 aliphatic heterocycles. The Balaban J connectivity index is 0.00000264. The topological polar surface area (TPSA) is 67.6 Å². The van der Waals surface area contributed by atoms with Crippen LogP contribution in [0.5, 0.6) is 0 Å². The summed E-state index contributed by atoms with van der Waals surface area (Å²) in [5.74, 6) is 0.543. The van der Waals surface area contributed by atoms with Gasteiger partial charge in [-0.25, -0.2) is 0 Å². The van der Waals surface area contributed by atoms with Gasteiger partial charge in [0, 0.05) is 38.3 Å². The molecule has 0 aromatic heterocycles. The van der Waals surface area contributed by atoms with Crippen LogP contribution in [0.1, 0.15) is 18.9 Å².